The van der Waals surface area contributed by atoms with Crippen molar-refractivity contribution < 1.29 is 4.79 Å². The molecule has 2 aromatic heterocycles. The van der Waals surface area contributed by atoms with E-state index in [0.29, 0.717) is 17.9 Å². The topological polar surface area (TPSA) is 54.3 Å². The maximum absolute atomic E-state index is 12.4. The summed E-state index contributed by atoms with van der Waals surface area (Å²) >= 11 is 0. The minimum absolute atomic E-state index is 0.291. The molecule has 24 heavy (non-hydrogen) atoms. The summed E-state index contributed by atoms with van der Waals surface area (Å²) < 4.78 is 2.07. The van der Waals surface area contributed by atoms with Crippen molar-refractivity contribution in [2.75, 3.05) is 25.0 Å². The number of amides is 1. The van der Waals surface area contributed by atoms with Gasteiger partial charge in [0.2, 0.25) is 11.9 Å². The van der Waals surface area contributed by atoms with Crippen LogP contribution in [0.15, 0.2) is 18.3 Å². The summed E-state index contributed by atoms with van der Waals surface area (Å²) in [6.07, 6.45) is 7.19. The lowest BCUT2D eigenvalue weighted by molar-refractivity contribution is -0.139. The van der Waals surface area contributed by atoms with Crippen molar-refractivity contribution in [2.45, 2.75) is 38.1 Å². The molecule has 0 bridgehead atoms. The summed E-state index contributed by atoms with van der Waals surface area (Å²) in [5.41, 5.74) is 1.86. The molecule has 2 aliphatic rings. The molecule has 6 nitrogen and oxygen atoms in total. The minimum atomic E-state index is 0.291. The smallest absolute Gasteiger partial charge is 0.225 e. The molecule has 0 unspecified atom stereocenters. The number of carbonyl (C=O) groups is 1. The van der Waals surface area contributed by atoms with Gasteiger partial charge in [0.15, 0.2) is 5.65 Å². The molecule has 0 aromatic carbocycles. The van der Waals surface area contributed by atoms with Gasteiger partial charge in [-0.1, -0.05) is 6.42 Å². The van der Waals surface area contributed by atoms with Crippen LogP contribution in [0.25, 0.3) is 11.2 Å². The fourth-order valence-corrected chi connectivity index (χ4v) is 3.87. The lowest BCUT2D eigenvalue weighted by Crippen LogP contribution is -2.48. The summed E-state index contributed by atoms with van der Waals surface area (Å²) in [6.45, 7) is 1.87. The van der Waals surface area contributed by atoms with Crippen molar-refractivity contribution in [2.24, 2.45) is 13.0 Å². The van der Waals surface area contributed by atoms with Crippen molar-refractivity contribution in [3.8, 4) is 0 Å². The maximum atomic E-state index is 12.4. The van der Waals surface area contributed by atoms with Crippen LogP contribution in [0.3, 0.4) is 0 Å². The standard InChI is InChI=1S/C18H25N5O/c1-21(17(24)13-5-3-6-13)14-8-11-23(12-9-14)18-20-15-7-4-10-19-16(15)22(18)2/h4,7,10,13-14H,3,5-6,8-9,11-12H2,1-2H3. The third kappa shape index (κ3) is 2.54. The average molecular weight is 327 g/mol. The predicted molar refractivity (Wildman–Crippen MR) is 93.9 cm³/mol. The first-order valence-electron chi connectivity index (χ1n) is 8.94. The van der Waals surface area contributed by atoms with Gasteiger partial charge in [0.05, 0.1) is 0 Å². The van der Waals surface area contributed by atoms with E-state index in [2.05, 4.69) is 14.5 Å². The van der Waals surface area contributed by atoms with Gasteiger partial charge >= 0.3 is 0 Å². The number of aromatic nitrogens is 3. The second-order valence-corrected chi connectivity index (χ2v) is 7.11. The number of fused-ring (bicyclic) bond motifs is 1. The molecular weight excluding hydrogens is 302 g/mol. The Kier molecular flexibility index (Phi) is 3.90. The zero-order valence-corrected chi connectivity index (χ0v) is 14.5. The Labute approximate surface area is 142 Å². The lowest BCUT2D eigenvalue weighted by Gasteiger charge is -2.39. The Hall–Kier alpha value is -2.11. The Balaban J connectivity index is 1.43. The third-order valence-corrected chi connectivity index (χ3v) is 5.70. The van der Waals surface area contributed by atoms with Gasteiger partial charge in [-0.25, -0.2) is 9.97 Å². The van der Waals surface area contributed by atoms with Crippen molar-refractivity contribution in [1.82, 2.24) is 19.4 Å². The van der Waals surface area contributed by atoms with Crippen molar-refractivity contribution in [3.05, 3.63) is 18.3 Å². The van der Waals surface area contributed by atoms with E-state index in [1.807, 2.05) is 31.1 Å². The first-order chi connectivity index (χ1) is 11.6. The summed E-state index contributed by atoms with van der Waals surface area (Å²) in [5.74, 6) is 1.63. The van der Waals surface area contributed by atoms with Crippen molar-refractivity contribution >= 4 is 23.0 Å². The van der Waals surface area contributed by atoms with Gasteiger partial charge in [-0.05, 0) is 37.8 Å². The highest BCUT2D eigenvalue weighted by Crippen LogP contribution is 2.30. The molecule has 1 amide bonds. The molecule has 4 rings (SSSR count). The van der Waals surface area contributed by atoms with Gasteiger partial charge in [0.25, 0.3) is 0 Å². The summed E-state index contributed by atoms with van der Waals surface area (Å²) in [7, 11) is 4.01. The van der Waals surface area contributed by atoms with Gasteiger partial charge in [0.1, 0.15) is 5.52 Å². The van der Waals surface area contributed by atoms with E-state index in [0.717, 1.165) is 55.9 Å². The highest BCUT2D eigenvalue weighted by atomic mass is 16.2. The highest BCUT2D eigenvalue weighted by Gasteiger charge is 2.33. The van der Waals surface area contributed by atoms with Crippen LogP contribution in [0.2, 0.25) is 0 Å². The van der Waals surface area contributed by atoms with Crippen LogP contribution in [0.4, 0.5) is 5.95 Å². The molecule has 1 aliphatic carbocycles. The van der Waals surface area contributed by atoms with Gasteiger partial charge in [-0.2, -0.15) is 0 Å². The molecule has 2 aromatic rings. The second-order valence-electron chi connectivity index (χ2n) is 7.11. The van der Waals surface area contributed by atoms with Crippen molar-refractivity contribution in [1.29, 1.82) is 0 Å². The molecule has 0 N–H and O–H groups in total. The van der Waals surface area contributed by atoms with Crippen LogP contribution >= 0.6 is 0 Å². The average Bonchev–Trinajstić information content (AvgIpc) is 2.90. The van der Waals surface area contributed by atoms with Crippen LogP contribution in [0, 0.1) is 5.92 Å². The van der Waals surface area contributed by atoms with Crippen molar-refractivity contribution in [3.63, 3.8) is 0 Å². The number of piperidine rings is 1. The molecular formula is C18H25N5O. The van der Waals surface area contributed by atoms with Crippen LogP contribution in [-0.4, -0.2) is 51.5 Å². The number of hydrogen-bond acceptors (Lipinski definition) is 4. The van der Waals surface area contributed by atoms with E-state index in [1.54, 1.807) is 6.20 Å². The molecule has 6 heteroatoms. The predicted octanol–water partition coefficient (Wildman–Crippen LogP) is 2.20. The van der Waals surface area contributed by atoms with E-state index in [9.17, 15) is 4.79 Å². The van der Waals surface area contributed by atoms with Gasteiger partial charge in [-0.15, -0.1) is 0 Å². The zero-order chi connectivity index (χ0) is 16.7. The quantitative estimate of drug-likeness (QED) is 0.867. The number of anilines is 1. The fraction of sp³-hybridized carbons (Fsp3) is 0.611. The van der Waals surface area contributed by atoms with Crippen LogP contribution in [-0.2, 0) is 11.8 Å². The Morgan fingerprint density at radius 2 is 2.00 bits per heavy atom. The Bertz CT molecular complexity index is 743. The Morgan fingerprint density at radius 1 is 1.25 bits per heavy atom. The minimum Gasteiger partial charge on any atom is -0.342 e. The van der Waals surface area contributed by atoms with Crippen LogP contribution in [0.1, 0.15) is 32.1 Å². The van der Waals surface area contributed by atoms with E-state index >= 15 is 0 Å². The normalized spacial score (nSPS) is 19.5. The Morgan fingerprint density at radius 3 is 2.62 bits per heavy atom. The van der Waals surface area contributed by atoms with Gasteiger partial charge in [0, 0.05) is 45.3 Å². The van der Waals surface area contributed by atoms with E-state index in [4.69, 9.17) is 4.98 Å². The number of rotatable bonds is 3. The zero-order valence-electron chi connectivity index (χ0n) is 14.5. The lowest BCUT2D eigenvalue weighted by atomic mass is 9.84. The van der Waals surface area contributed by atoms with Crippen LogP contribution < -0.4 is 4.90 Å². The number of nitrogens with zero attached hydrogens (tertiary/aromatic N) is 5. The third-order valence-electron chi connectivity index (χ3n) is 5.70. The largest absolute Gasteiger partial charge is 0.342 e. The van der Waals surface area contributed by atoms with E-state index < -0.39 is 0 Å². The maximum Gasteiger partial charge on any atom is 0.225 e. The first-order valence-corrected chi connectivity index (χ1v) is 8.94. The van der Waals surface area contributed by atoms with E-state index in [-0.39, 0.29) is 0 Å². The highest BCUT2D eigenvalue weighted by molar-refractivity contribution is 5.79. The van der Waals surface area contributed by atoms with Gasteiger partial charge < -0.3 is 9.80 Å². The summed E-state index contributed by atoms with van der Waals surface area (Å²) in [5, 5.41) is 0. The van der Waals surface area contributed by atoms with E-state index in [1.165, 1.54) is 6.42 Å². The second kappa shape index (κ2) is 6.07. The number of imidazole rings is 1. The van der Waals surface area contributed by atoms with Gasteiger partial charge in [-0.3, -0.25) is 9.36 Å². The molecule has 0 atom stereocenters. The number of hydrogen-bond donors (Lipinski definition) is 0. The molecule has 3 heterocycles. The monoisotopic (exact) mass is 327 g/mol. The van der Waals surface area contributed by atoms with Crippen LogP contribution in [0.5, 0.6) is 0 Å². The molecule has 1 saturated heterocycles. The molecule has 1 aliphatic heterocycles. The fourth-order valence-electron chi connectivity index (χ4n) is 3.87. The summed E-state index contributed by atoms with van der Waals surface area (Å²) in [4.78, 5) is 25.9. The summed E-state index contributed by atoms with van der Waals surface area (Å²) in [6, 6.07) is 4.29. The number of pyridine rings is 1. The first kappa shape index (κ1) is 15.4. The number of carbonyl (C=O) groups excluding carboxylic acids is 1. The molecule has 1 saturated carbocycles. The molecule has 0 spiro atoms. The number of aryl methyl sites for hydroxylation is 1. The SMILES string of the molecule is CN(C(=O)C1CCC1)C1CCN(c2nc3cccnc3n2C)CC1. The molecule has 128 valence electrons. The molecule has 0 radical (unpaired) electrons. The molecule has 2 fully saturated rings.